The number of anilines is 1. The molecule has 0 unspecified atom stereocenters. The number of nitrogens with one attached hydrogen (secondary N) is 2. The summed E-state index contributed by atoms with van der Waals surface area (Å²) >= 11 is 0. The lowest BCUT2D eigenvalue weighted by Gasteiger charge is -2.36. The van der Waals surface area contributed by atoms with Crippen molar-refractivity contribution in [1.29, 1.82) is 0 Å². The first-order valence-electron chi connectivity index (χ1n) is 8.19. The van der Waals surface area contributed by atoms with Crippen molar-refractivity contribution in [3.63, 3.8) is 0 Å². The van der Waals surface area contributed by atoms with Gasteiger partial charge in [-0.3, -0.25) is 4.79 Å². The second-order valence-corrected chi connectivity index (χ2v) is 6.51. The lowest BCUT2D eigenvalue weighted by Crippen LogP contribution is -2.44. The normalized spacial score (nSPS) is 17.7. The van der Waals surface area contributed by atoms with E-state index in [0.29, 0.717) is 5.92 Å². The van der Waals surface area contributed by atoms with E-state index in [9.17, 15) is 4.79 Å². The summed E-state index contributed by atoms with van der Waals surface area (Å²) in [6.07, 6.45) is 3.91. The Morgan fingerprint density at radius 2 is 2.05 bits per heavy atom. The number of carbonyl (C=O) groups is 1. The van der Waals surface area contributed by atoms with Gasteiger partial charge in [-0.25, -0.2) is 0 Å². The molecule has 0 spiro atoms. The Morgan fingerprint density at radius 1 is 1.33 bits per heavy atom. The Bertz CT molecular complexity index is 470. The Hall–Kier alpha value is -1.35. The zero-order valence-electron chi connectivity index (χ0n) is 13.5. The average molecular weight is 288 g/mol. The smallest absolute Gasteiger partial charge is 0.230 e. The number of carbonyl (C=O) groups excluding carboxylic acids is 1. The molecule has 116 valence electrons. The highest BCUT2D eigenvalue weighted by molar-refractivity contribution is 5.95. The number of amides is 1. The number of hydrogen-bond acceptors (Lipinski definition) is 2. The topological polar surface area (TPSA) is 41.1 Å². The molecule has 2 N–H and O–H groups in total. The van der Waals surface area contributed by atoms with Crippen molar-refractivity contribution < 1.29 is 4.79 Å². The first-order chi connectivity index (χ1) is 10.1. The third-order valence-corrected chi connectivity index (χ3v) is 4.58. The van der Waals surface area contributed by atoms with E-state index in [-0.39, 0.29) is 11.3 Å². The minimum atomic E-state index is -0.187. The van der Waals surface area contributed by atoms with E-state index in [1.54, 1.807) is 0 Å². The van der Waals surface area contributed by atoms with E-state index in [2.05, 4.69) is 43.5 Å². The van der Waals surface area contributed by atoms with Gasteiger partial charge < -0.3 is 10.6 Å². The van der Waals surface area contributed by atoms with Crippen LogP contribution in [0.2, 0.25) is 0 Å². The molecule has 0 atom stereocenters. The van der Waals surface area contributed by atoms with Crippen LogP contribution in [0.25, 0.3) is 0 Å². The molecule has 1 aliphatic rings. The molecule has 3 nitrogen and oxygen atoms in total. The molecule has 1 aromatic carbocycles. The standard InChI is InChI=1S/C18H28N2O/c1-4-8-18(9-11-19-12-10-18)17(21)20-16-7-5-6-15(13-16)14(2)3/h5-7,13-14,19H,4,8-12H2,1-3H3,(H,20,21). The molecule has 0 aromatic heterocycles. The Balaban J connectivity index is 2.13. The molecular weight excluding hydrogens is 260 g/mol. The van der Waals surface area contributed by atoms with Crippen LogP contribution in [0, 0.1) is 5.41 Å². The van der Waals surface area contributed by atoms with E-state index in [0.717, 1.165) is 44.5 Å². The van der Waals surface area contributed by atoms with Crippen molar-refractivity contribution in [3.8, 4) is 0 Å². The fourth-order valence-corrected chi connectivity index (χ4v) is 3.21. The van der Waals surface area contributed by atoms with E-state index in [4.69, 9.17) is 0 Å². The molecule has 1 saturated heterocycles. The quantitative estimate of drug-likeness (QED) is 0.862. The van der Waals surface area contributed by atoms with E-state index in [1.165, 1.54) is 5.56 Å². The fourth-order valence-electron chi connectivity index (χ4n) is 3.21. The van der Waals surface area contributed by atoms with Gasteiger partial charge in [-0.1, -0.05) is 39.3 Å². The minimum Gasteiger partial charge on any atom is -0.326 e. The molecule has 1 aromatic rings. The van der Waals surface area contributed by atoms with Crippen molar-refractivity contribution in [2.45, 2.75) is 52.4 Å². The van der Waals surface area contributed by atoms with Gasteiger partial charge in [-0.05, 0) is 56.0 Å². The van der Waals surface area contributed by atoms with E-state index in [1.807, 2.05) is 12.1 Å². The van der Waals surface area contributed by atoms with Gasteiger partial charge in [0.15, 0.2) is 0 Å². The van der Waals surface area contributed by atoms with Crippen molar-refractivity contribution in [2.75, 3.05) is 18.4 Å². The highest BCUT2D eigenvalue weighted by Gasteiger charge is 2.38. The van der Waals surface area contributed by atoms with Gasteiger partial charge in [-0.2, -0.15) is 0 Å². The Morgan fingerprint density at radius 3 is 2.67 bits per heavy atom. The molecule has 21 heavy (non-hydrogen) atoms. The van der Waals surface area contributed by atoms with Crippen molar-refractivity contribution in [3.05, 3.63) is 29.8 Å². The highest BCUT2D eigenvalue weighted by Crippen LogP contribution is 2.35. The summed E-state index contributed by atoms with van der Waals surface area (Å²) in [5.74, 6) is 0.678. The predicted molar refractivity (Wildman–Crippen MR) is 88.6 cm³/mol. The first kappa shape index (κ1) is 16.0. The van der Waals surface area contributed by atoms with Crippen LogP contribution >= 0.6 is 0 Å². The summed E-state index contributed by atoms with van der Waals surface area (Å²) in [6, 6.07) is 8.24. The zero-order chi connectivity index (χ0) is 15.3. The number of rotatable bonds is 5. The van der Waals surface area contributed by atoms with Crippen LogP contribution in [-0.2, 0) is 4.79 Å². The lowest BCUT2D eigenvalue weighted by atomic mass is 9.74. The van der Waals surface area contributed by atoms with Crippen LogP contribution in [0.5, 0.6) is 0 Å². The number of benzene rings is 1. The van der Waals surface area contributed by atoms with Gasteiger partial charge in [0.05, 0.1) is 5.41 Å². The molecule has 2 rings (SSSR count). The predicted octanol–water partition coefficient (Wildman–Crippen LogP) is 3.92. The molecular formula is C18H28N2O. The molecule has 1 amide bonds. The van der Waals surface area contributed by atoms with Crippen molar-refractivity contribution >= 4 is 11.6 Å². The summed E-state index contributed by atoms with van der Waals surface area (Å²) in [4.78, 5) is 12.8. The monoisotopic (exact) mass is 288 g/mol. The van der Waals surface area contributed by atoms with Gasteiger partial charge in [0.25, 0.3) is 0 Å². The third-order valence-electron chi connectivity index (χ3n) is 4.58. The fraction of sp³-hybridized carbons (Fsp3) is 0.611. The molecule has 0 saturated carbocycles. The van der Waals surface area contributed by atoms with Gasteiger partial charge >= 0.3 is 0 Å². The van der Waals surface area contributed by atoms with Gasteiger partial charge in [0.2, 0.25) is 5.91 Å². The summed E-state index contributed by atoms with van der Waals surface area (Å²) in [5, 5.41) is 6.53. The van der Waals surface area contributed by atoms with Crippen molar-refractivity contribution in [1.82, 2.24) is 5.32 Å². The average Bonchev–Trinajstić information content (AvgIpc) is 2.48. The summed E-state index contributed by atoms with van der Waals surface area (Å²) in [5.41, 5.74) is 2.01. The Labute approximate surface area is 128 Å². The van der Waals surface area contributed by atoms with Crippen LogP contribution in [0.3, 0.4) is 0 Å². The minimum absolute atomic E-state index is 0.187. The van der Waals surface area contributed by atoms with Gasteiger partial charge in [0, 0.05) is 5.69 Å². The van der Waals surface area contributed by atoms with E-state index >= 15 is 0 Å². The van der Waals surface area contributed by atoms with E-state index < -0.39 is 0 Å². The van der Waals surface area contributed by atoms with Crippen LogP contribution in [0.15, 0.2) is 24.3 Å². The number of piperidine rings is 1. The highest BCUT2D eigenvalue weighted by atomic mass is 16.2. The van der Waals surface area contributed by atoms with Crippen molar-refractivity contribution in [2.24, 2.45) is 5.41 Å². The van der Waals surface area contributed by atoms with Crippen LogP contribution in [-0.4, -0.2) is 19.0 Å². The maximum absolute atomic E-state index is 12.8. The lowest BCUT2D eigenvalue weighted by molar-refractivity contribution is -0.127. The zero-order valence-corrected chi connectivity index (χ0v) is 13.5. The van der Waals surface area contributed by atoms with Gasteiger partial charge in [0.1, 0.15) is 0 Å². The largest absolute Gasteiger partial charge is 0.326 e. The van der Waals surface area contributed by atoms with Crippen LogP contribution in [0.4, 0.5) is 5.69 Å². The molecule has 0 radical (unpaired) electrons. The maximum atomic E-state index is 12.8. The van der Waals surface area contributed by atoms with Gasteiger partial charge in [-0.15, -0.1) is 0 Å². The van der Waals surface area contributed by atoms with Crippen LogP contribution < -0.4 is 10.6 Å². The second-order valence-electron chi connectivity index (χ2n) is 6.51. The molecule has 3 heteroatoms. The SMILES string of the molecule is CCCC1(C(=O)Nc2cccc(C(C)C)c2)CCNCC1. The molecule has 1 heterocycles. The summed E-state index contributed by atoms with van der Waals surface area (Å²) in [6.45, 7) is 8.40. The first-order valence-corrected chi connectivity index (χ1v) is 8.19. The third kappa shape index (κ3) is 3.85. The summed E-state index contributed by atoms with van der Waals surface area (Å²) in [7, 11) is 0. The molecule has 0 aliphatic carbocycles. The Kier molecular flexibility index (Phi) is 5.40. The molecule has 0 bridgehead atoms. The molecule has 1 fully saturated rings. The van der Waals surface area contributed by atoms with Crippen LogP contribution in [0.1, 0.15) is 57.9 Å². The second kappa shape index (κ2) is 7.08. The number of hydrogen-bond donors (Lipinski definition) is 2. The summed E-state index contributed by atoms with van der Waals surface area (Å²) < 4.78 is 0. The maximum Gasteiger partial charge on any atom is 0.230 e. The molecule has 1 aliphatic heterocycles.